The lowest BCUT2D eigenvalue weighted by Gasteiger charge is -2.07. The number of amides is 1. The van der Waals surface area contributed by atoms with Gasteiger partial charge in [0.2, 0.25) is 12.7 Å². The van der Waals surface area contributed by atoms with Crippen LogP contribution in [0.25, 0.3) is 0 Å². The monoisotopic (exact) mass is 317 g/mol. The van der Waals surface area contributed by atoms with Gasteiger partial charge in [-0.25, -0.2) is 0 Å². The van der Waals surface area contributed by atoms with Gasteiger partial charge in [-0.1, -0.05) is 6.07 Å². The van der Waals surface area contributed by atoms with Gasteiger partial charge in [0.25, 0.3) is 0 Å². The summed E-state index contributed by atoms with van der Waals surface area (Å²) in [5, 5.41) is 6.92. The zero-order valence-electron chi connectivity index (χ0n) is 12.7. The van der Waals surface area contributed by atoms with Crippen LogP contribution >= 0.6 is 0 Å². The highest BCUT2D eigenvalue weighted by atomic mass is 16.7. The molecule has 122 valence electrons. The molecule has 1 N–H and O–H groups in total. The van der Waals surface area contributed by atoms with E-state index in [-0.39, 0.29) is 12.7 Å². The van der Waals surface area contributed by atoms with E-state index in [1.165, 1.54) is 0 Å². The van der Waals surface area contributed by atoms with Crippen molar-refractivity contribution in [1.29, 1.82) is 0 Å². The number of nitrogens with one attached hydrogen (secondary N) is 1. The molecular formula is C16H19N3O4. The molecular weight excluding hydrogens is 298 g/mol. The summed E-state index contributed by atoms with van der Waals surface area (Å²) in [4.78, 5) is 11.9. The number of carbonyl (C=O) groups is 1. The summed E-state index contributed by atoms with van der Waals surface area (Å²) in [6, 6.07) is 7.40. The van der Waals surface area contributed by atoms with Crippen molar-refractivity contribution in [3.63, 3.8) is 0 Å². The first-order valence-electron chi connectivity index (χ1n) is 7.52. The highest BCUT2D eigenvalue weighted by molar-refractivity contribution is 5.78. The maximum atomic E-state index is 11.9. The molecule has 0 bridgehead atoms. The Balaban J connectivity index is 1.30. The number of hydrogen-bond acceptors (Lipinski definition) is 5. The Hall–Kier alpha value is -2.54. The topological polar surface area (TPSA) is 74.6 Å². The van der Waals surface area contributed by atoms with Crippen LogP contribution in [-0.2, 0) is 22.5 Å². The number of hydrogen-bond donors (Lipinski definition) is 1. The summed E-state index contributed by atoms with van der Waals surface area (Å²) in [5.74, 6) is 1.37. The van der Waals surface area contributed by atoms with Crippen LogP contribution in [-0.4, -0.2) is 42.2 Å². The molecule has 0 spiro atoms. The summed E-state index contributed by atoms with van der Waals surface area (Å²) < 4.78 is 17.8. The van der Waals surface area contributed by atoms with Crippen molar-refractivity contribution in [2.45, 2.75) is 13.0 Å². The lowest BCUT2D eigenvalue weighted by atomic mass is 10.1. The first-order valence-corrected chi connectivity index (χ1v) is 7.52. The van der Waals surface area contributed by atoms with Gasteiger partial charge in [-0.05, 0) is 23.8 Å². The predicted octanol–water partition coefficient (Wildman–Crippen LogP) is 0.987. The van der Waals surface area contributed by atoms with E-state index in [1.807, 2.05) is 30.5 Å². The van der Waals surface area contributed by atoms with Crippen LogP contribution in [0.5, 0.6) is 11.5 Å². The fourth-order valence-corrected chi connectivity index (χ4v) is 2.25. The van der Waals surface area contributed by atoms with E-state index in [9.17, 15) is 4.79 Å². The van der Waals surface area contributed by atoms with Gasteiger partial charge in [0, 0.05) is 18.9 Å². The van der Waals surface area contributed by atoms with Crippen LogP contribution in [0.15, 0.2) is 36.7 Å². The van der Waals surface area contributed by atoms with E-state index < -0.39 is 0 Å². The Morgan fingerprint density at radius 2 is 2.22 bits per heavy atom. The number of aromatic nitrogens is 2. The summed E-state index contributed by atoms with van der Waals surface area (Å²) >= 11 is 0. The number of benzene rings is 1. The zero-order chi connectivity index (χ0) is 15.9. The first kappa shape index (κ1) is 15.4. The second kappa shape index (κ2) is 7.64. The van der Waals surface area contributed by atoms with Crippen LogP contribution in [0.4, 0.5) is 0 Å². The van der Waals surface area contributed by atoms with Gasteiger partial charge in [0.15, 0.2) is 11.5 Å². The zero-order valence-corrected chi connectivity index (χ0v) is 12.7. The minimum Gasteiger partial charge on any atom is -0.454 e. The third-order valence-corrected chi connectivity index (χ3v) is 3.39. The second-order valence-corrected chi connectivity index (χ2v) is 5.10. The molecule has 0 aliphatic carbocycles. The molecule has 1 amide bonds. The van der Waals surface area contributed by atoms with Crippen molar-refractivity contribution in [2.75, 3.05) is 26.6 Å². The van der Waals surface area contributed by atoms with Crippen LogP contribution in [0.2, 0.25) is 0 Å². The summed E-state index contributed by atoms with van der Waals surface area (Å²) in [5.41, 5.74) is 0.895. The number of rotatable bonds is 8. The van der Waals surface area contributed by atoms with Crippen molar-refractivity contribution in [3.8, 4) is 11.5 Å². The Morgan fingerprint density at radius 3 is 3.09 bits per heavy atom. The van der Waals surface area contributed by atoms with Gasteiger partial charge in [0.05, 0.1) is 26.2 Å². The van der Waals surface area contributed by atoms with Crippen molar-refractivity contribution >= 4 is 5.91 Å². The largest absolute Gasteiger partial charge is 0.454 e. The molecule has 7 heteroatoms. The normalized spacial score (nSPS) is 12.3. The fraction of sp³-hybridized carbons (Fsp3) is 0.375. The Kier molecular flexibility index (Phi) is 5.10. The molecule has 2 heterocycles. The van der Waals surface area contributed by atoms with Crippen molar-refractivity contribution in [2.24, 2.45) is 0 Å². The van der Waals surface area contributed by atoms with Gasteiger partial charge in [-0.3, -0.25) is 9.48 Å². The standard InChI is InChI=1S/C16H19N3O4/c20-16(11-13-2-3-14-15(10-13)23-12-22-14)17-5-8-21-9-7-19-6-1-4-18-19/h1-4,6,10H,5,7-9,11-12H2,(H,17,20). The summed E-state index contributed by atoms with van der Waals surface area (Å²) in [6.45, 7) is 2.48. The van der Waals surface area contributed by atoms with Gasteiger partial charge in [-0.15, -0.1) is 0 Å². The average Bonchev–Trinajstić information content (AvgIpc) is 3.21. The molecule has 2 aromatic rings. The number of fused-ring (bicyclic) bond motifs is 1. The second-order valence-electron chi connectivity index (χ2n) is 5.10. The van der Waals surface area contributed by atoms with Crippen LogP contribution in [0.3, 0.4) is 0 Å². The van der Waals surface area contributed by atoms with E-state index in [0.29, 0.717) is 38.5 Å². The molecule has 1 aromatic heterocycles. The molecule has 0 atom stereocenters. The first-order chi connectivity index (χ1) is 11.3. The summed E-state index contributed by atoms with van der Waals surface area (Å²) in [7, 11) is 0. The van der Waals surface area contributed by atoms with Crippen LogP contribution in [0, 0.1) is 0 Å². The van der Waals surface area contributed by atoms with Gasteiger partial charge in [-0.2, -0.15) is 5.10 Å². The summed E-state index contributed by atoms with van der Waals surface area (Å²) in [6.07, 6.45) is 3.93. The van der Waals surface area contributed by atoms with Gasteiger partial charge in [0.1, 0.15) is 0 Å². The van der Waals surface area contributed by atoms with Crippen LogP contribution < -0.4 is 14.8 Å². The molecule has 0 unspecified atom stereocenters. The molecule has 1 aliphatic rings. The molecule has 3 rings (SSSR count). The smallest absolute Gasteiger partial charge is 0.231 e. The molecule has 23 heavy (non-hydrogen) atoms. The fourth-order valence-electron chi connectivity index (χ4n) is 2.25. The van der Waals surface area contributed by atoms with Crippen molar-refractivity contribution < 1.29 is 19.0 Å². The lowest BCUT2D eigenvalue weighted by molar-refractivity contribution is -0.120. The van der Waals surface area contributed by atoms with Crippen molar-refractivity contribution in [3.05, 3.63) is 42.2 Å². The van der Waals surface area contributed by atoms with E-state index in [0.717, 1.165) is 11.3 Å². The SMILES string of the molecule is O=C(Cc1ccc2c(c1)OCO2)NCCOCCn1cccn1. The van der Waals surface area contributed by atoms with Crippen LogP contribution in [0.1, 0.15) is 5.56 Å². The van der Waals surface area contributed by atoms with E-state index in [4.69, 9.17) is 14.2 Å². The Bertz CT molecular complexity index is 643. The number of carbonyl (C=O) groups excluding carboxylic acids is 1. The van der Waals surface area contributed by atoms with Gasteiger partial charge >= 0.3 is 0 Å². The minimum atomic E-state index is -0.0421. The Morgan fingerprint density at radius 1 is 1.30 bits per heavy atom. The maximum Gasteiger partial charge on any atom is 0.231 e. The highest BCUT2D eigenvalue weighted by Gasteiger charge is 2.14. The molecule has 0 saturated heterocycles. The van der Waals surface area contributed by atoms with E-state index in [2.05, 4.69) is 10.4 Å². The quantitative estimate of drug-likeness (QED) is 0.735. The maximum absolute atomic E-state index is 11.9. The third kappa shape index (κ3) is 4.46. The van der Waals surface area contributed by atoms with E-state index >= 15 is 0 Å². The third-order valence-electron chi connectivity index (χ3n) is 3.39. The molecule has 1 aromatic carbocycles. The van der Waals surface area contributed by atoms with E-state index in [1.54, 1.807) is 10.9 Å². The highest BCUT2D eigenvalue weighted by Crippen LogP contribution is 2.32. The Labute approximate surface area is 134 Å². The number of ether oxygens (including phenoxy) is 3. The minimum absolute atomic E-state index is 0.0421. The molecule has 0 radical (unpaired) electrons. The molecule has 0 saturated carbocycles. The number of nitrogens with zero attached hydrogens (tertiary/aromatic N) is 2. The molecule has 1 aliphatic heterocycles. The average molecular weight is 317 g/mol. The van der Waals surface area contributed by atoms with Gasteiger partial charge < -0.3 is 19.5 Å². The lowest BCUT2D eigenvalue weighted by Crippen LogP contribution is -2.29. The van der Waals surface area contributed by atoms with Crippen molar-refractivity contribution in [1.82, 2.24) is 15.1 Å². The molecule has 0 fully saturated rings. The predicted molar refractivity (Wildman–Crippen MR) is 82.3 cm³/mol. The molecule has 7 nitrogen and oxygen atoms in total.